The van der Waals surface area contributed by atoms with Crippen molar-refractivity contribution in [3.05, 3.63) is 51.5 Å². The lowest BCUT2D eigenvalue weighted by Gasteiger charge is -2.21. The van der Waals surface area contributed by atoms with Gasteiger partial charge in [0.15, 0.2) is 9.84 Å². The highest BCUT2D eigenvalue weighted by molar-refractivity contribution is 9.10. The summed E-state index contributed by atoms with van der Waals surface area (Å²) in [6.07, 6.45) is 2.19. The Kier molecular flexibility index (Phi) is 5.96. The zero-order valence-corrected chi connectivity index (χ0v) is 20.0. The molecule has 0 saturated heterocycles. The quantitative estimate of drug-likeness (QED) is 0.639. The summed E-state index contributed by atoms with van der Waals surface area (Å²) in [4.78, 5) is 27.0. The fourth-order valence-corrected chi connectivity index (χ4v) is 6.20. The van der Waals surface area contributed by atoms with Crippen molar-refractivity contribution in [3.8, 4) is 0 Å². The molecular weight excluding hydrogens is 480 g/mol. The van der Waals surface area contributed by atoms with Gasteiger partial charge in [-0.2, -0.15) is 0 Å². The van der Waals surface area contributed by atoms with Crippen LogP contribution in [0.3, 0.4) is 0 Å². The van der Waals surface area contributed by atoms with Crippen molar-refractivity contribution in [1.82, 2.24) is 0 Å². The molecule has 1 saturated carbocycles. The van der Waals surface area contributed by atoms with E-state index in [1.165, 1.54) is 0 Å². The summed E-state index contributed by atoms with van der Waals surface area (Å²) in [5, 5.41) is 2.84. The van der Waals surface area contributed by atoms with Crippen molar-refractivity contribution < 1.29 is 18.0 Å². The van der Waals surface area contributed by atoms with Crippen molar-refractivity contribution in [2.45, 2.75) is 44.4 Å². The van der Waals surface area contributed by atoms with Gasteiger partial charge in [0.2, 0.25) is 11.8 Å². The van der Waals surface area contributed by atoms with Gasteiger partial charge in [-0.15, -0.1) is 0 Å². The van der Waals surface area contributed by atoms with E-state index in [1.807, 2.05) is 38.1 Å². The van der Waals surface area contributed by atoms with E-state index in [9.17, 15) is 18.0 Å². The minimum absolute atomic E-state index is 0.00490. The molecule has 8 heteroatoms. The van der Waals surface area contributed by atoms with Crippen LogP contribution in [0.1, 0.15) is 36.0 Å². The third-order valence-corrected chi connectivity index (χ3v) is 8.05. The first kappa shape index (κ1) is 22.0. The average Bonchev–Trinajstić information content (AvgIpc) is 3.48. The van der Waals surface area contributed by atoms with E-state index >= 15 is 0 Å². The lowest BCUT2D eigenvalue weighted by atomic mass is 10.1. The van der Waals surface area contributed by atoms with Crippen LogP contribution in [0.2, 0.25) is 0 Å². The molecule has 6 nitrogen and oxygen atoms in total. The number of carbonyl (C=O) groups is 2. The fourth-order valence-electron chi connectivity index (χ4n) is 4.03. The Hall–Kier alpha value is -2.19. The SMILES string of the molecule is Cc1cccc(C)c1NC(=O)CCS(=O)(=O)c1cc(Br)cc2c1N(C(=O)C1CC1)CC2. The van der Waals surface area contributed by atoms with Crippen molar-refractivity contribution >= 4 is 49.0 Å². The van der Waals surface area contributed by atoms with Crippen molar-refractivity contribution in [2.75, 3.05) is 22.5 Å². The first-order valence-corrected chi connectivity index (χ1v) is 12.8. The number of hydrogen-bond acceptors (Lipinski definition) is 4. The maximum absolute atomic E-state index is 13.2. The Labute approximate surface area is 191 Å². The molecule has 2 aliphatic rings. The lowest BCUT2D eigenvalue weighted by Crippen LogP contribution is -2.31. The Balaban J connectivity index is 1.55. The first-order chi connectivity index (χ1) is 14.7. The summed E-state index contributed by atoms with van der Waals surface area (Å²) >= 11 is 3.40. The van der Waals surface area contributed by atoms with Gasteiger partial charge >= 0.3 is 0 Å². The van der Waals surface area contributed by atoms with Crippen molar-refractivity contribution in [3.63, 3.8) is 0 Å². The topological polar surface area (TPSA) is 83.6 Å². The summed E-state index contributed by atoms with van der Waals surface area (Å²) in [7, 11) is -3.77. The van der Waals surface area contributed by atoms with Crippen LogP contribution in [0.15, 0.2) is 39.7 Å². The zero-order chi connectivity index (χ0) is 22.3. The van der Waals surface area contributed by atoms with Crippen molar-refractivity contribution in [2.24, 2.45) is 5.92 Å². The largest absolute Gasteiger partial charge is 0.326 e. The van der Waals surface area contributed by atoms with Gasteiger partial charge in [-0.1, -0.05) is 34.1 Å². The monoisotopic (exact) mass is 504 g/mol. The van der Waals surface area contributed by atoms with Gasteiger partial charge < -0.3 is 10.2 Å². The maximum Gasteiger partial charge on any atom is 0.230 e. The van der Waals surface area contributed by atoms with E-state index in [4.69, 9.17) is 0 Å². The molecule has 1 aliphatic carbocycles. The molecule has 0 radical (unpaired) electrons. The number of amides is 2. The predicted molar refractivity (Wildman–Crippen MR) is 124 cm³/mol. The second-order valence-corrected chi connectivity index (χ2v) is 11.3. The fraction of sp³-hybridized carbons (Fsp3) is 0.391. The van der Waals surface area contributed by atoms with Gasteiger partial charge in [0.25, 0.3) is 0 Å². The molecule has 0 spiro atoms. The number of fused-ring (bicyclic) bond motifs is 1. The van der Waals surface area contributed by atoms with E-state index in [1.54, 1.807) is 11.0 Å². The van der Waals surface area contributed by atoms with E-state index in [-0.39, 0.29) is 34.8 Å². The smallest absolute Gasteiger partial charge is 0.230 e. The average molecular weight is 505 g/mol. The summed E-state index contributed by atoms with van der Waals surface area (Å²) in [5.41, 5.74) is 3.91. The molecule has 1 heterocycles. The molecule has 1 aliphatic heterocycles. The number of carbonyl (C=O) groups excluding carboxylic acids is 2. The molecule has 0 bridgehead atoms. The lowest BCUT2D eigenvalue weighted by molar-refractivity contribution is -0.119. The molecule has 4 rings (SSSR count). The highest BCUT2D eigenvalue weighted by atomic mass is 79.9. The number of sulfone groups is 1. The van der Waals surface area contributed by atoms with Crippen LogP contribution in [0.4, 0.5) is 11.4 Å². The number of nitrogens with one attached hydrogen (secondary N) is 1. The van der Waals surface area contributed by atoms with E-state index < -0.39 is 9.84 Å². The zero-order valence-electron chi connectivity index (χ0n) is 17.6. The first-order valence-electron chi connectivity index (χ1n) is 10.4. The second kappa shape index (κ2) is 8.39. The third kappa shape index (κ3) is 4.55. The molecule has 0 aromatic heterocycles. The molecule has 164 valence electrons. The number of rotatable bonds is 6. The van der Waals surface area contributed by atoms with Crippen LogP contribution in [-0.4, -0.2) is 32.5 Å². The van der Waals surface area contributed by atoms with Gasteiger partial charge in [-0.05, 0) is 61.9 Å². The Morgan fingerprint density at radius 3 is 2.48 bits per heavy atom. The van der Waals surface area contributed by atoms with Gasteiger partial charge in [0.05, 0.1) is 16.3 Å². The van der Waals surface area contributed by atoms with Crippen LogP contribution >= 0.6 is 15.9 Å². The van der Waals surface area contributed by atoms with Gasteiger partial charge in [0, 0.05) is 29.0 Å². The van der Waals surface area contributed by atoms with Gasteiger partial charge in [-0.25, -0.2) is 8.42 Å². The summed E-state index contributed by atoms with van der Waals surface area (Å²) in [5.74, 6) is -0.657. The van der Waals surface area contributed by atoms with Crippen LogP contribution in [0.5, 0.6) is 0 Å². The number of aryl methyl sites for hydroxylation is 2. The molecule has 2 amide bonds. The van der Waals surface area contributed by atoms with Crippen LogP contribution in [0, 0.1) is 19.8 Å². The van der Waals surface area contributed by atoms with Crippen LogP contribution in [0.25, 0.3) is 0 Å². The Morgan fingerprint density at radius 2 is 1.84 bits per heavy atom. The van der Waals surface area contributed by atoms with Crippen LogP contribution < -0.4 is 10.2 Å². The number of nitrogens with zero attached hydrogens (tertiary/aromatic N) is 1. The van der Waals surface area contributed by atoms with Crippen LogP contribution in [-0.2, 0) is 25.8 Å². The number of benzene rings is 2. The Morgan fingerprint density at radius 1 is 1.16 bits per heavy atom. The maximum atomic E-state index is 13.2. The van der Waals surface area contributed by atoms with E-state index in [0.717, 1.165) is 35.2 Å². The molecule has 0 atom stereocenters. The number of anilines is 2. The number of para-hydroxylation sites is 1. The summed E-state index contributed by atoms with van der Waals surface area (Å²) < 4.78 is 27.2. The minimum Gasteiger partial charge on any atom is -0.326 e. The third-order valence-electron chi connectivity index (χ3n) is 5.86. The highest BCUT2D eigenvalue weighted by Crippen LogP contribution is 2.41. The molecular formula is C23H25BrN2O4S. The minimum atomic E-state index is -3.77. The summed E-state index contributed by atoms with van der Waals surface area (Å²) in [6, 6.07) is 9.14. The molecule has 2 aromatic carbocycles. The molecule has 0 unspecified atom stereocenters. The number of hydrogen-bond donors (Lipinski definition) is 1. The molecule has 31 heavy (non-hydrogen) atoms. The van der Waals surface area contributed by atoms with Gasteiger partial charge in [0.1, 0.15) is 0 Å². The summed E-state index contributed by atoms with van der Waals surface area (Å²) in [6.45, 7) is 4.29. The number of halogens is 1. The predicted octanol–water partition coefficient (Wildman–Crippen LogP) is 4.17. The van der Waals surface area contributed by atoms with Gasteiger partial charge in [-0.3, -0.25) is 9.59 Å². The molecule has 1 fully saturated rings. The molecule has 1 N–H and O–H groups in total. The highest BCUT2D eigenvalue weighted by Gasteiger charge is 2.39. The van der Waals surface area contributed by atoms with Crippen molar-refractivity contribution in [1.29, 1.82) is 0 Å². The van der Waals surface area contributed by atoms with E-state index in [0.29, 0.717) is 23.1 Å². The normalized spacial score (nSPS) is 15.6. The standard InChI is InChI=1S/C23H25BrN2O4S/c1-14-4-3-5-15(2)21(14)25-20(27)9-11-31(29,30)19-13-18(24)12-17-8-10-26(22(17)19)23(28)16-6-7-16/h3-5,12-13,16H,6-11H2,1-2H3,(H,25,27). The Bertz CT molecular complexity index is 1150. The molecule has 2 aromatic rings. The van der Waals surface area contributed by atoms with E-state index in [2.05, 4.69) is 21.2 Å². The second-order valence-electron chi connectivity index (χ2n) is 8.31.